The van der Waals surface area contributed by atoms with E-state index in [9.17, 15) is 0 Å². The van der Waals surface area contributed by atoms with E-state index in [4.69, 9.17) is 10.6 Å². The van der Waals surface area contributed by atoms with Crippen molar-refractivity contribution in [2.75, 3.05) is 7.11 Å². The number of benzene rings is 1. The van der Waals surface area contributed by atoms with Crippen molar-refractivity contribution in [2.24, 2.45) is 5.84 Å². The van der Waals surface area contributed by atoms with Crippen LogP contribution in [0.4, 0.5) is 0 Å². The maximum atomic E-state index is 5.78. The standard InChI is InChI=1S/C15H20N2OS/c1-4-11-7-8-19-15(11)14(17-16)13-6-5-12(18-3)9-10(13)2/h5-9,14,17H,4,16H2,1-3H3. The number of rotatable bonds is 5. The van der Waals surface area contributed by atoms with E-state index in [0.29, 0.717) is 0 Å². The van der Waals surface area contributed by atoms with Crippen molar-refractivity contribution in [1.29, 1.82) is 0 Å². The molecule has 19 heavy (non-hydrogen) atoms. The minimum atomic E-state index is 0.0425. The third-order valence-electron chi connectivity index (χ3n) is 3.38. The summed E-state index contributed by atoms with van der Waals surface area (Å²) in [4.78, 5) is 1.29. The Kier molecular flexibility index (Phi) is 4.58. The zero-order valence-corrected chi connectivity index (χ0v) is 12.4. The Morgan fingerprint density at radius 2 is 2.16 bits per heavy atom. The van der Waals surface area contributed by atoms with E-state index in [-0.39, 0.29) is 6.04 Å². The zero-order chi connectivity index (χ0) is 13.8. The van der Waals surface area contributed by atoms with Crippen LogP contribution in [0.1, 0.15) is 34.5 Å². The van der Waals surface area contributed by atoms with Gasteiger partial charge in [0.15, 0.2) is 0 Å². The number of ether oxygens (including phenoxy) is 1. The average molecular weight is 276 g/mol. The van der Waals surface area contributed by atoms with Gasteiger partial charge < -0.3 is 4.74 Å². The van der Waals surface area contributed by atoms with Crippen LogP contribution < -0.4 is 16.0 Å². The molecule has 0 aliphatic heterocycles. The van der Waals surface area contributed by atoms with Crippen molar-refractivity contribution in [3.05, 3.63) is 51.2 Å². The number of nitrogens with two attached hydrogens (primary N) is 1. The van der Waals surface area contributed by atoms with Gasteiger partial charge in [-0.2, -0.15) is 0 Å². The van der Waals surface area contributed by atoms with Crippen LogP contribution in [0.2, 0.25) is 0 Å². The lowest BCUT2D eigenvalue weighted by Crippen LogP contribution is -2.29. The van der Waals surface area contributed by atoms with Gasteiger partial charge in [-0.25, -0.2) is 5.43 Å². The highest BCUT2D eigenvalue weighted by atomic mass is 32.1. The van der Waals surface area contributed by atoms with Crippen LogP contribution in [-0.4, -0.2) is 7.11 Å². The Bertz CT molecular complexity index is 551. The molecule has 0 amide bonds. The summed E-state index contributed by atoms with van der Waals surface area (Å²) in [6.07, 6.45) is 1.02. The fourth-order valence-corrected chi connectivity index (χ4v) is 3.37. The Hall–Kier alpha value is -1.36. The quantitative estimate of drug-likeness (QED) is 0.651. The smallest absolute Gasteiger partial charge is 0.119 e. The van der Waals surface area contributed by atoms with Crippen LogP contribution in [0.15, 0.2) is 29.6 Å². The Morgan fingerprint density at radius 1 is 1.37 bits per heavy atom. The van der Waals surface area contributed by atoms with Crippen LogP contribution in [0.5, 0.6) is 5.75 Å². The lowest BCUT2D eigenvalue weighted by molar-refractivity contribution is 0.414. The number of aryl methyl sites for hydroxylation is 2. The molecule has 0 bridgehead atoms. The maximum absolute atomic E-state index is 5.78. The Balaban J connectivity index is 2.42. The monoisotopic (exact) mass is 276 g/mol. The number of thiophene rings is 1. The first kappa shape index (κ1) is 14.1. The van der Waals surface area contributed by atoms with E-state index in [1.165, 1.54) is 21.6 Å². The molecule has 2 aromatic rings. The van der Waals surface area contributed by atoms with Crippen molar-refractivity contribution in [1.82, 2.24) is 5.43 Å². The summed E-state index contributed by atoms with van der Waals surface area (Å²) in [7, 11) is 1.68. The number of nitrogens with one attached hydrogen (secondary N) is 1. The minimum absolute atomic E-state index is 0.0425. The normalized spacial score (nSPS) is 12.4. The van der Waals surface area contributed by atoms with E-state index < -0.39 is 0 Å². The summed E-state index contributed by atoms with van der Waals surface area (Å²) >= 11 is 1.75. The Labute approximate surface area is 118 Å². The molecular formula is C15H20N2OS. The van der Waals surface area contributed by atoms with Gasteiger partial charge in [0.2, 0.25) is 0 Å². The van der Waals surface area contributed by atoms with E-state index in [1.54, 1.807) is 18.4 Å². The number of hydrogen-bond acceptors (Lipinski definition) is 4. The zero-order valence-electron chi connectivity index (χ0n) is 11.6. The highest BCUT2D eigenvalue weighted by Gasteiger charge is 2.18. The molecule has 0 saturated carbocycles. The maximum Gasteiger partial charge on any atom is 0.119 e. The molecule has 1 aromatic heterocycles. The van der Waals surface area contributed by atoms with Gasteiger partial charge in [-0.05, 0) is 53.6 Å². The van der Waals surface area contributed by atoms with Crippen molar-refractivity contribution >= 4 is 11.3 Å². The molecule has 1 aromatic carbocycles. The highest BCUT2D eigenvalue weighted by molar-refractivity contribution is 7.10. The summed E-state index contributed by atoms with van der Waals surface area (Å²) in [6, 6.07) is 8.31. The van der Waals surface area contributed by atoms with Gasteiger partial charge in [0, 0.05) is 4.88 Å². The predicted octanol–water partition coefficient (Wildman–Crippen LogP) is 3.18. The molecule has 1 atom stereocenters. The molecule has 3 nitrogen and oxygen atoms in total. The molecule has 0 spiro atoms. The van der Waals surface area contributed by atoms with Gasteiger partial charge in [0.1, 0.15) is 5.75 Å². The third-order valence-corrected chi connectivity index (χ3v) is 4.40. The number of hydrogen-bond donors (Lipinski definition) is 2. The van der Waals surface area contributed by atoms with Gasteiger partial charge in [-0.15, -0.1) is 11.3 Å². The molecule has 1 heterocycles. The molecule has 0 saturated heterocycles. The van der Waals surface area contributed by atoms with Crippen molar-refractivity contribution in [2.45, 2.75) is 26.3 Å². The molecule has 4 heteroatoms. The summed E-state index contributed by atoms with van der Waals surface area (Å²) in [5.41, 5.74) is 6.67. The van der Waals surface area contributed by atoms with Gasteiger partial charge in [-0.1, -0.05) is 13.0 Å². The average Bonchev–Trinajstić information content (AvgIpc) is 2.89. The van der Waals surface area contributed by atoms with Gasteiger partial charge in [-0.3, -0.25) is 5.84 Å². The molecule has 0 aliphatic carbocycles. The summed E-state index contributed by atoms with van der Waals surface area (Å²) in [5.74, 6) is 6.66. The van der Waals surface area contributed by atoms with E-state index in [1.807, 2.05) is 12.1 Å². The van der Waals surface area contributed by atoms with E-state index in [0.717, 1.165) is 12.2 Å². The highest BCUT2D eigenvalue weighted by Crippen LogP contribution is 2.32. The first-order chi connectivity index (χ1) is 9.21. The second-order valence-electron chi connectivity index (χ2n) is 4.49. The molecule has 3 N–H and O–H groups in total. The van der Waals surface area contributed by atoms with Crippen LogP contribution in [0.25, 0.3) is 0 Å². The lowest BCUT2D eigenvalue weighted by Gasteiger charge is -2.19. The van der Waals surface area contributed by atoms with E-state index in [2.05, 4.69) is 36.8 Å². The molecule has 2 rings (SSSR count). The fraction of sp³-hybridized carbons (Fsp3) is 0.333. The molecule has 0 radical (unpaired) electrons. The second kappa shape index (κ2) is 6.19. The van der Waals surface area contributed by atoms with Crippen LogP contribution in [-0.2, 0) is 6.42 Å². The largest absolute Gasteiger partial charge is 0.497 e. The molecular weight excluding hydrogens is 256 g/mol. The summed E-state index contributed by atoms with van der Waals surface area (Å²) < 4.78 is 5.25. The molecule has 102 valence electrons. The predicted molar refractivity (Wildman–Crippen MR) is 80.6 cm³/mol. The van der Waals surface area contributed by atoms with Gasteiger partial charge >= 0.3 is 0 Å². The van der Waals surface area contributed by atoms with Crippen LogP contribution in [0, 0.1) is 6.92 Å². The van der Waals surface area contributed by atoms with Crippen molar-refractivity contribution < 1.29 is 4.74 Å². The van der Waals surface area contributed by atoms with E-state index >= 15 is 0 Å². The lowest BCUT2D eigenvalue weighted by atomic mass is 9.97. The number of methoxy groups -OCH3 is 1. The van der Waals surface area contributed by atoms with Crippen LogP contribution >= 0.6 is 11.3 Å². The second-order valence-corrected chi connectivity index (χ2v) is 5.43. The fourth-order valence-electron chi connectivity index (χ4n) is 2.30. The summed E-state index contributed by atoms with van der Waals surface area (Å²) in [5, 5.41) is 2.12. The number of hydrazine groups is 1. The first-order valence-corrected chi connectivity index (χ1v) is 7.26. The SMILES string of the molecule is CCc1ccsc1C(NN)c1ccc(OC)cc1C. The van der Waals surface area contributed by atoms with Gasteiger partial charge in [0.25, 0.3) is 0 Å². The first-order valence-electron chi connectivity index (χ1n) is 6.38. The third kappa shape index (κ3) is 2.81. The van der Waals surface area contributed by atoms with Crippen molar-refractivity contribution in [3.63, 3.8) is 0 Å². The van der Waals surface area contributed by atoms with Crippen molar-refractivity contribution in [3.8, 4) is 5.75 Å². The minimum Gasteiger partial charge on any atom is -0.497 e. The van der Waals surface area contributed by atoms with Crippen LogP contribution in [0.3, 0.4) is 0 Å². The Morgan fingerprint density at radius 3 is 2.74 bits per heavy atom. The molecule has 1 unspecified atom stereocenters. The topological polar surface area (TPSA) is 47.3 Å². The van der Waals surface area contributed by atoms with Gasteiger partial charge in [0.05, 0.1) is 13.2 Å². The molecule has 0 fully saturated rings. The molecule has 0 aliphatic rings. The summed E-state index contributed by atoms with van der Waals surface area (Å²) in [6.45, 7) is 4.25.